The maximum absolute atomic E-state index is 14.0. The molecular weight excluding hydrogens is 512 g/mol. The number of piperazine rings is 1. The van der Waals surface area contributed by atoms with E-state index in [-0.39, 0.29) is 18.4 Å². The molecule has 3 aromatic rings. The highest BCUT2D eigenvalue weighted by atomic mass is 16.5. The molecule has 0 spiro atoms. The van der Waals surface area contributed by atoms with Gasteiger partial charge in [-0.15, -0.1) is 0 Å². The Hall–Kier alpha value is -3.76. The Morgan fingerprint density at radius 1 is 0.975 bits per heavy atom. The second kappa shape index (κ2) is 11.0. The van der Waals surface area contributed by atoms with E-state index >= 15 is 0 Å². The lowest BCUT2D eigenvalue weighted by Gasteiger charge is -2.47. The maximum Gasteiger partial charge on any atom is 0.246 e. The number of H-pyrrole nitrogens is 1. The number of hydrogen-bond acceptors (Lipinski definition) is 7. The second-order valence-electron chi connectivity index (χ2n) is 10.5. The van der Waals surface area contributed by atoms with Crippen molar-refractivity contribution in [3.63, 3.8) is 0 Å². The number of ether oxygens (including phenoxy) is 4. The molecule has 3 aliphatic rings. The summed E-state index contributed by atoms with van der Waals surface area (Å²) in [7, 11) is 4.71. The number of nitrogens with one attached hydrogen (secondary N) is 1. The molecule has 0 aliphatic carbocycles. The average Bonchev–Trinajstić information content (AvgIpc) is 3.36. The van der Waals surface area contributed by atoms with Crippen molar-refractivity contribution in [1.29, 1.82) is 0 Å². The van der Waals surface area contributed by atoms with Crippen molar-refractivity contribution < 1.29 is 28.5 Å². The fourth-order valence-corrected chi connectivity index (χ4v) is 6.43. The first kappa shape index (κ1) is 26.5. The number of morpholine rings is 1. The number of carbonyl (C=O) groups is 2. The molecule has 2 fully saturated rings. The van der Waals surface area contributed by atoms with Crippen molar-refractivity contribution in [2.24, 2.45) is 0 Å². The van der Waals surface area contributed by atoms with Crippen LogP contribution in [0.3, 0.4) is 0 Å². The Morgan fingerprint density at radius 3 is 2.40 bits per heavy atom. The van der Waals surface area contributed by atoms with Crippen LogP contribution in [-0.4, -0.2) is 105 Å². The number of benzene rings is 2. The minimum absolute atomic E-state index is 0.00468. The van der Waals surface area contributed by atoms with E-state index in [9.17, 15) is 9.59 Å². The van der Waals surface area contributed by atoms with Crippen LogP contribution in [0, 0.1) is 0 Å². The van der Waals surface area contributed by atoms with E-state index in [2.05, 4.69) is 16.0 Å². The van der Waals surface area contributed by atoms with Crippen molar-refractivity contribution in [2.75, 3.05) is 67.3 Å². The summed E-state index contributed by atoms with van der Waals surface area (Å²) in [6.45, 7) is 4.81. The number of rotatable bonds is 8. The third kappa shape index (κ3) is 4.54. The van der Waals surface area contributed by atoms with Gasteiger partial charge in [0.2, 0.25) is 17.6 Å². The molecule has 4 heterocycles. The van der Waals surface area contributed by atoms with Gasteiger partial charge in [-0.3, -0.25) is 14.5 Å². The molecule has 2 saturated heterocycles. The van der Waals surface area contributed by atoms with Crippen LogP contribution >= 0.6 is 0 Å². The zero-order valence-corrected chi connectivity index (χ0v) is 23.3. The number of carbonyl (C=O) groups excluding carboxylic acids is 2. The van der Waals surface area contributed by atoms with Gasteiger partial charge in [-0.1, -0.05) is 18.2 Å². The van der Waals surface area contributed by atoms with E-state index in [1.54, 1.807) is 31.1 Å². The minimum atomic E-state index is -0.597. The molecule has 3 aliphatic heterocycles. The summed E-state index contributed by atoms with van der Waals surface area (Å²) in [5.74, 6) is 1.40. The van der Waals surface area contributed by atoms with Gasteiger partial charge in [-0.2, -0.15) is 0 Å². The third-order valence-electron chi connectivity index (χ3n) is 8.35. The molecule has 10 nitrogen and oxygen atoms in total. The molecule has 2 atom stereocenters. The predicted octanol–water partition coefficient (Wildman–Crippen LogP) is 2.60. The number of hydrogen-bond donors (Lipinski definition) is 1. The van der Waals surface area contributed by atoms with Crippen LogP contribution in [0.4, 0.5) is 0 Å². The van der Waals surface area contributed by atoms with Crippen LogP contribution in [0.2, 0.25) is 0 Å². The summed E-state index contributed by atoms with van der Waals surface area (Å²) in [5.41, 5.74) is 3.74. The molecule has 2 aromatic carbocycles. The molecule has 1 N–H and O–H groups in total. The van der Waals surface area contributed by atoms with Crippen molar-refractivity contribution >= 4 is 22.7 Å². The van der Waals surface area contributed by atoms with Crippen molar-refractivity contribution in [2.45, 2.75) is 24.9 Å². The molecule has 2 amide bonds. The molecule has 0 radical (unpaired) electrons. The first-order valence-electron chi connectivity index (χ1n) is 13.8. The molecule has 40 heavy (non-hydrogen) atoms. The summed E-state index contributed by atoms with van der Waals surface area (Å²) < 4.78 is 22.3. The van der Waals surface area contributed by atoms with Gasteiger partial charge in [-0.05, 0) is 35.7 Å². The summed E-state index contributed by atoms with van der Waals surface area (Å²) in [6, 6.07) is 10.7. The molecular formula is C30H36N4O6. The van der Waals surface area contributed by atoms with Crippen molar-refractivity contribution in [3.05, 3.63) is 53.2 Å². The number of nitrogens with zero attached hydrogens (tertiary/aromatic N) is 3. The number of para-hydroxylation sites is 1. The van der Waals surface area contributed by atoms with Gasteiger partial charge in [0.15, 0.2) is 11.5 Å². The monoisotopic (exact) mass is 548 g/mol. The Kier molecular flexibility index (Phi) is 7.29. The smallest absolute Gasteiger partial charge is 0.246 e. The quantitative estimate of drug-likeness (QED) is 0.462. The Bertz CT molecular complexity index is 1390. The number of aromatic amines is 1. The van der Waals surface area contributed by atoms with E-state index in [1.165, 1.54) is 0 Å². The van der Waals surface area contributed by atoms with Crippen molar-refractivity contribution in [1.82, 2.24) is 19.7 Å². The lowest BCUT2D eigenvalue weighted by atomic mass is 9.86. The van der Waals surface area contributed by atoms with Crippen LogP contribution in [0.1, 0.15) is 29.3 Å². The normalized spacial score (nSPS) is 21.4. The molecule has 1 aromatic heterocycles. The van der Waals surface area contributed by atoms with Gasteiger partial charge in [0.05, 0.1) is 47.1 Å². The summed E-state index contributed by atoms with van der Waals surface area (Å²) in [5, 5.41) is 1.07. The number of amides is 2. The fourth-order valence-electron chi connectivity index (χ4n) is 6.43. The van der Waals surface area contributed by atoms with Gasteiger partial charge >= 0.3 is 0 Å². The van der Waals surface area contributed by atoms with Crippen LogP contribution in [-0.2, 0) is 20.7 Å². The average molecular weight is 549 g/mol. The lowest BCUT2D eigenvalue weighted by molar-refractivity contribution is -0.158. The first-order chi connectivity index (χ1) is 19.5. The molecule has 10 heteroatoms. The van der Waals surface area contributed by atoms with E-state index in [1.807, 2.05) is 30.3 Å². The molecule has 0 bridgehead atoms. The standard InChI is InChI=1S/C30H36N4O6/c1-37-24-15-19(16-25(38-2)29(24)39-3)28-27-21(20-7-4-5-8-22(20)31-27)17-23-30(36)33(18-26(35)34(23)28)10-6-9-32-11-13-40-14-12-32/h4-5,7-8,15-16,23,28,31H,6,9-14,17-18H2,1-3H3/t23-,28?/m1/s1. The summed E-state index contributed by atoms with van der Waals surface area (Å²) in [6.07, 6.45) is 1.28. The van der Waals surface area contributed by atoms with Gasteiger partial charge in [0.25, 0.3) is 0 Å². The molecule has 212 valence electrons. The van der Waals surface area contributed by atoms with Crippen molar-refractivity contribution in [3.8, 4) is 17.2 Å². The highest BCUT2D eigenvalue weighted by Crippen LogP contribution is 2.47. The minimum Gasteiger partial charge on any atom is -0.493 e. The van der Waals surface area contributed by atoms with Crippen LogP contribution in [0.15, 0.2) is 36.4 Å². The van der Waals surface area contributed by atoms with E-state index in [0.717, 1.165) is 67.0 Å². The fraction of sp³-hybridized carbons (Fsp3) is 0.467. The Balaban J connectivity index is 1.37. The molecule has 0 saturated carbocycles. The number of aromatic nitrogens is 1. The van der Waals surface area contributed by atoms with Gasteiger partial charge in [0, 0.05) is 49.2 Å². The van der Waals surface area contributed by atoms with Crippen LogP contribution < -0.4 is 14.2 Å². The van der Waals surface area contributed by atoms with Gasteiger partial charge in [-0.25, -0.2) is 0 Å². The summed E-state index contributed by atoms with van der Waals surface area (Å²) >= 11 is 0. The SMILES string of the molecule is COc1cc(C2c3[nH]c4ccccc4c3C[C@@H]3C(=O)N(CCCN4CCOCC4)CC(=O)N23)cc(OC)c1OC. The Labute approximate surface area is 233 Å². The maximum atomic E-state index is 14.0. The van der Waals surface area contributed by atoms with E-state index in [4.69, 9.17) is 18.9 Å². The predicted molar refractivity (Wildman–Crippen MR) is 149 cm³/mol. The van der Waals surface area contributed by atoms with E-state index in [0.29, 0.717) is 30.2 Å². The van der Waals surface area contributed by atoms with Gasteiger partial charge in [0.1, 0.15) is 6.04 Å². The lowest BCUT2D eigenvalue weighted by Crippen LogP contribution is -2.63. The number of methoxy groups -OCH3 is 3. The Morgan fingerprint density at radius 2 is 1.70 bits per heavy atom. The summed E-state index contributed by atoms with van der Waals surface area (Å²) in [4.78, 5) is 37.3. The zero-order valence-electron chi connectivity index (χ0n) is 23.3. The number of fused-ring (bicyclic) bond motifs is 4. The first-order valence-corrected chi connectivity index (χ1v) is 13.8. The van der Waals surface area contributed by atoms with Crippen LogP contribution in [0.25, 0.3) is 10.9 Å². The largest absolute Gasteiger partial charge is 0.493 e. The van der Waals surface area contributed by atoms with Crippen LogP contribution in [0.5, 0.6) is 17.2 Å². The van der Waals surface area contributed by atoms with Gasteiger partial charge < -0.3 is 33.7 Å². The molecule has 1 unspecified atom stereocenters. The topological polar surface area (TPSA) is 96.6 Å². The van der Waals surface area contributed by atoms with E-state index < -0.39 is 12.1 Å². The zero-order chi connectivity index (χ0) is 27.8. The highest BCUT2D eigenvalue weighted by molar-refractivity contribution is 5.97. The third-order valence-corrected chi connectivity index (χ3v) is 8.35. The molecule has 6 rings (SSSR count). The highest BCUT2D eigenvalue weighted by Gasteiger charge is 2.48. The second-order valence-corrected chi connectivity index (χ2v) is 10.5.